The molecule has 0 N–H and O–H groups in total. The van der Waals surface area contributed by atoms with Crippen LogP contribution in [0.2, 0.25) is 0 Å². The lowest BCUT2D eigenvalue weighted by Gasteiger charge is -2.11. The van der Waals surface area contributed by atoms with Crippen molar-refractivity contribution in [1.29, 1.82) is 0 Å². The largest absolute Gasteiger partial charge is 0.494 e. The summed E-state index contributed by atoms with van der Waals surface area (Å²) in [5.41, 5.74) is 3.12. The van der Waals surface area contributed by atoms with Crippen LogP contribution in [0.25, 0.3) is 28.1 Å². The van der Waals surface area contributed by atoms with Crippen molar-refractivity contribution in [2.45, 2.75) is 25.7 Å². The number of rotatable bonds is 10. The number of imidazole rings is 1. The summed E-state index contributed by atoms with van der Waals surface area (Å²) in [5.74, 6) is 1.18. The average Bonchev–Trinajstić information content (AvgIpc) is 3.25. The molecule has 0 aliphatic rings. The third-order valence-electron chi connectivity index (χ3n) is 5.48. The molecule has 0 radical (unpaired) electrons. The standard InChI is InChI=1S/C26H25N3O5/c1-33-25(30)13-6-3-7-16-34-22-14-15-23-24(18-22)28(20-11-8-12-21(17-20)29(31)32)26(27-23)19-9-4-2-5-10-19/h2,4-5,8-12,14-15,17-18H,3,6-7,13,16H2,1H3. The quantitative estimate of drug-likeness (QED) is 0.130. The van der Waals surface area contributed by atoms with Gasteiger partial charge in [0.15, 0.2) is 0 Å². The summed E-state index contributed by atoms with van der Waals surface area (Å²) in [6, 6.07) is 21.9. The van der Waals surface area contributed by atoms with E-state index in [1.165, 1.54) is 13.2 Å². The summed E-state index contributed by atoms with van der Waals surface area (Å²) < 4.78 is 12.5. The molecular weight excluding hydrogens is 434 g/mol. The molecule has 0 fully saturated rings. The van der Waals surface area contributed by atoms with Crippen molar-refractivity contribution in [2.24, 2.45) is 0 Å². The van der Waals surface area contributed by atoms with Crippen LogP contribution in [0, 0.1) is 10.1 Å². The fraction of sp³-hybridized carbons (Fsp3) is 0.231. The Morgan fingerprint density at radius 3 is 2.59 bits per heavy atom. The highest BCUT2D eigenvalue weighted by atomic mass is 16.6. The molecule has 0 aliphatic heterocycles. The van der Waals surface area contributed by atoms with Gasteiger partial charge < -0.3 is 9.47 Å². The van der Waals surface area contributed by atoms with Gasteiger partial charge in [0, 0.05) is 30.2 Å². The number of methoxy groups -OCH3 is 1. The highest BCUT2D eigenvalue weighted by Crippen LogP contribution is 2.32. The van der Waals surface area contributed by atoms with Crippen molar-refractivity contribution in [1.82, 2.24) is 9.55 Å². The lowest BCUT2D eigenvalue weighted by molar-refractivity contribution is -0.384. The minimum Gasteiger partial charge on any atom is -0.494 e. The van der Waals surface area contributed by atoms with Gasteiger partial charge in [0.25, 0.3) is 5.69 Å². The molecule has 0 saturated heterocycles. The molecule has 0 aliphatic carbocycles. The van der Waals surface area contributed by atoms with E-state index in [2.05, 4.69) is 4.74 Å². The maximum atomic E-state index is 11.4. The number of non-ortho nitro benzene ring substituents is 1. The Balaban J connectivity index is 1.63. The SMILES string of the molecule is COC(=O)CCCCCOc1ccc2nc(-c3ccccc3)n(-c3cccc([N+](=O)[O-])c3)c2c1. The molecule has 0 unspecified atom stereocenters. The van der Waals surface area contributed by atoms with Gasteiger partial charge in [0.2, 0.25) is 0 Å². The summed E-state index contributed by atoms with van der Waals surface area (Å²) in [7, 11) is 1.39. The van der Waals surface area contributed by atoms with E-state index in [1.807, 2.05) is 59.2 Å². The number of nitro groups is 1. The Morgan fingerprint density at radius 2 is 1.82 bits per heavy atom. The first-order chi connectivity index (χ1) is 16.6. The summed E-state index contributed by atoms with van der Waals surface area (Å²) in [6.07, 6.45) is 2.84. The van der Waals surface area contributed by atoms with Crippen LogP contribution in [0.3, 0.4) is 0 Å². The van der Waals surface area contributed by atoms with Crippen LogP contribution >= 0.6 is 0 Å². The van der Waals surface area contributed by atoms with E-state index in [0.717, 1.165) is 35.9 Å². The molecule has 3 aromatic carbocycles. The second-order valence-corrected chi connectivity index (χ2v) is 7.80. The maximum absolute atomic E-state index is 11.4. The lowest BCUT2D eigenvalue weighted by Crippen LogP contribution is -2.01. The zero-order chi connectivity index (χ0) is 23.9. The smallest absolute Gasteiger partial charge is 0.305 e. The molecule has 0 spiro atoms. The number of hydrogen-bond donors (Lipinski definition) is 0. The van der Waals surface area contributed by atoms with E-state index in [1.54, 1.807) is 12.1 Å². The van der Waals surface area contributed by atoms with Crippen molar-refractivity contribution >= 4 is 22.7 Å². The third-order valence-corrected chi connectivity index (χ3v) is 5.48. The Hall–Kier alpha value is -4.20. The first-order valence-corrected chi connectivity index (χ1v) is 11.1. The van der Waals surface area contributed by atoms with E-state index < -0.39 is 4.92 Å². The molecule has 1 heterocycles. The van der Waals surface area contributed by atoms with Gasteiger partial charge in [-0.25, -0.2) is 4.98 Å². The van der Waals surface area contributed by atoms with E-state index in [9.17, 15) is 14.9 Å². The molecule has 4 aromatic rings. The van der Waals surface area contributed by atoms with Crippen molar-refractivity contribution in [3.8, 4) is 22.8 Å². The van der Waals surface area contributed by atoms with Crippen molar-refractivity contribution in [3.63, 3.8) is 0 Å². The third kappa shape index (κ3) is 5.23. The predicted octanol–water partition coefficient (Wildman–Crippen LogP) is 5.71. The Kier molecular flexibility index (Phi) is 7.17. The van der Waals surface area contributed by atoms with Gasteiger partial charge in [-0.1, -0.05) is 36.4 Å². The average molecular weight is 460 g/mol. The van der Waals surface area contributed by atoms with Crippen LogP contribution in [0.15, 0.2) is 72.8 Å². The number of hydrogen-bond acceptors (Lipinski definition) is 6. The van der Waals surface area contributed by atoms with Crippen LogP contribution < -0.4 is 4.74 Å². The summed E-state index contributed by atoms with van der Waals surface area (Å²) in [5, 5.41) is 11.4. The van der Waals surface area contributed by atoms with E-state index in [0.29, 0.717) is 30.3 Å². The molecule has 1 aromatic heterocycles. The molecule has 0 bridgehead atoms. The lowest BCUT2D eigenvalue weighted by atomic mass is 10.2. The molecule has 8 heteroatoms. The summed E-state index contributed by atoms with van der Waals surface area (Å²) in [4.78, 5) is 27.0. The molecule has 0 atom stereocenters. The number of aromatic nitrogens is 2. The topological polar surface area (TPSA) is 96.5 Å². The molecule has 0 saturated carbocycles. The Morgan fingerprint density at radius 1 is 1.00 bits per heavy atom. The molecule has 174 valence electrons. The number of benzene rings is 3. The van der Waals surface area contributed by atoms with E-state index >= 15 is 0 Å². The van der Waals surface area contributed by atoms with E-state index in [-0.39, 0.29) is 11.7 Å². The van der Waals surface area contributed by atoms with Crippen LogP contribution in [0.4, 0.5) is 5.69 Å². The highest BCUT2D eigenvalue weighted by Gasteiger charge is 2.17. The van der Waals surface area contributed by atoms with Gasteiger partial charge in [-0.15, -0.1) is 0 Å². The monoisotopic (exact) mass is 459 g/mol. The van der Waals surface area contributed by atoms with Gasteiger partial charge >= 0.3 is 5.97 Å². The molecular formula is C26H25N3O5. The fourth-order valence-corrected chi connectivity index (χ4v) is 3.77. The summed E-state index contributed by atoms with van der Waals surface area (Å²) in [6.45, 7) is 0.517. The number of ether oxygens (including phenoxy) is 2. The maximum Gasteiger partial charge on any atom is 0.305 e. The van der Waals surface area contributed by atoms with Gasteiger partial charge in [0.1, 0.15) is 11.6 Å². The number of unbranched alkanes of at least 4 members (excludes halogenated alkanes) is 2. The Bertz CT molecular complexity index is 1300. The van der Waals surface area contributed by atoms with Crippen molar-refractivity contribution in [2.75, 3.05) is 13.7 Å². The minimum absolute atomic E-state index is 0.0118. The second-order valence-electron chi connectivity index (χ2n) is 7.80. The number of nitro benzene ring substituents is 1. The zero-order valence-corrected chi connectivity index (χ0v) is 18.8. The molecule has 8 nitrogen and oxygen atoms in total. The van der Waals surface area contributed by atoms with Gasteiger partial charge in [-0.05, 0) is 37.5 Å². The van der Waals surface area contributed by atoms with Crippen molar-refractivity contribution < 1.29 is 19.2 Å². The Labute approximate surface area is 196 Å². The van der Waals surface area contributed by atoms with Gasteiger partial charge in [-0.3, -0.25) is 19.5 Å². The van der Waals surface area contributed by atoms with Gasteiger partial charge in [0.05, 0.1) is 35.4 Å². The normalized spacial score (nSPS) is 10.9. The van der Waals surface area contributed by atoms with Crippen molar-refractivity contribution in [3.05, 3.63) is 82.9 Å². The second kappa shape index (κ2) is 10.6. The van der Waals surface area contributed by atoms with Crippen LogP contribution in [-0.2, 0) is 9.53 Å². The zero-order valence-electron chi connectivity index (χ0n) is 18.8. The van der Waals surface area contributed by atoms with Crippen LogP contribution in [-0.4, -0.2) is 34.2 Å². The first-order valence-electron chi connectivity index (χ1n) is 11.1. The highest BCUT2D eigenvalue weighted by molar-refractivity contribution is 5.84. The number of carbonyl (C=O) groups is 1. The predicted molar refractivity (Wildman–Crippen MR) is 129 cm³/mol. The van der Waals surface area contributed by atoms with Crippen LogP contribution in [0.1, 0.15) is 25.7 Å². The summed E-state index contributed by atoms with van der Waals surface area (Å²) >= 11 is 0. The molecule has 0 amide bonds. The van der Waals surface area contributed by atoms with Gasteiger partial charge in [-0.2, -0.15) is 0 Å². The number of nitrogens with zero attached hydrogens (tertiary/aromatic N) is 3. The number of carbonyl (C=O) groups excluding carboxylic acids is 1. The number of esters is 1. The first kappa shape index (κ1) is 23.0. The fourth-order valence-electron chi connectivity index (χ4n) is 3.77. The van der Waals surface area contributed by atoms with Crippen LogP contribution in [0.5, 0.6) is 5.75 Å². The number of fused-ring (bicyclic) bond motifs is 1. The minimum atomic E-state index is -0.403. The molecule has 4 rings (SSSR count). The molecule has 34 heavy (non-hydrogen) atoms. The van der Waals surface area contributed by atoms with E-state index in [4.69, 9.17) is 9.72 Å².